The number of benzene rings is 1. The molecule has 2 rings (SSSR count). The topological polar surface area (TPSA) is 12.9 Å². The van der Waals surface area contributed by atoms with Crippen LogP contribution in [0.1, 0.15) is 0 Å². The molecule has 0 atom stereocenters. The number of nitrogens with zero attached hydrogens (tertiary/aromatic N) is 1. The SMILES string of the molecule is C[P+](C)(C)c1cc[c-]c(-c2cc([P+](C)(C)C)ccn2)c1.[Ir]. The maximum absolute atomic E-state index is 4.55. The van der Waals surface area contributed by atoms with Crippen molar-refractivity contribution >= 4 is 25.1 Å². The van der Waals surface area contributed by atoms with E-state index in [9.17, 15) is 0 Å². The van der Waals surface area contributed by atoms with Gasteiger partial charge in [0.2, 0.25) is 0 Å². The second kappa shape index (κ2) is 6.97. The van der Waals surface area contributed by atoms with E-state index < -0.39 is 14.5 Å². The van der Waals surface area contributed by atoms with Crippen molar-refractivity contribution in [3.8, 4) is 11.3 Å². The van der Waals surface area contributed by atoms with Crippen LogP contribution < -0.4 is 10.6 Å². The van der Waals surface area contributed by atoms with Crippen LogP contribution in [-0.4, -0.2) is 45.0 Å². The molecule has 0 aliphatic rings. The molecule has 0 bridgehead atoms. The van der Waals surface area contributed by atoms with Crippen molar-refractivity contribution in [1.29, 1.82) is 0 Å². The summed E-state index contributed by atoms with van der Waals surface area (Å²) in [5.74, 6) is 0. The smallest absolute Gasteiger partial charge is 0.0875 e. The third-order valence-corrected chi connectivity index (χ3v) is 7.01. The predicted molar refractivity (Wildman–Crippen MR) is 97.2 cm³/mol. The standard InChI is InChI=1S/C17H24NP2.Ir/c1-19(2,3)15-9-7-8-14(12-15)17-13-16(10-11-18-17)20(4,5)6;/h7,9-13H,1-6H3;/q+1;. The van der Waals surface area contributed by atoms with Crippen LogP contribution in [0.15, 0.2) is 36.5 Å². The number of pyridine rings is 1. The first-order chi connectivity index (χ1) is 9.18. The van der Waals surface area contributed by atoms with Crippen molar-refractivity contribution in [1.82, 2.24) is 4.98 Å². The van der Waals surface area contributed by atoms with Crippen LogP contribution in [0.25, 0.3) is 11.3 Å². The Morgan fingerprint density at radius 2 is 1.43 bits per heavy atom. The van der Waals surface area contributed by atoms with Crippen LogP contribution >= 0.6 is 14.5 Å². The molecule has 0 N–H and O–H groups in total. The number of aromatic nitrogens is 1. The van der Waals surface area contributed by atoms with Gasteiger partial charge in [-0.1, -0.05) is 0 Å². The van der Waals surface area contributed by atoms with Crippen molar-refractivity contribution in [2.45, 2.75) is 0 Å². The first kappa shape index (κ1) is 18.9. The monoisotopic (exact) mass is 497 g/mol. The first-order valence-corrected chi connectivity index (χ1v) is 13.1. The van der Waals surface area contributed by atoms with Crippen molar-refractivity contribution in [2.24, 2.45) is 0 Å². The molecule has 0 aliphatic heterocycles. The van der Waals surface area contributed by atoms with Gasteiger partial charge in [-0.05, 0) is 17.8 Å². The molecule has 0 saturated carbocycles. The molecule has 1 heterocycles. The second-order valence-electron chi connectivity index (χ2n) is 6.88. The number of hydrogen-bond donors (Lipinski definition) is 0. The predicted octanol–water partition coefficient (Wildman–Crippen LogP) is 3.61. The maximum atomic E-state index is 4.55. The Morgan fingerprint density at radius 1 is 0.857 bits per heavy atom. The molecule has 0 amide bonds. The van der Waals surface area contributed by atoms with Crippen molar-refractivity contribution in [3.05, 3.63) is 42.6 Å². The quantitative estimate of drug-likeness (QED) is 0.468. The van der Waals surface area contributed by atoms with Gasteiger partial charge in [0.1, 0.15) is 0 Å². The van der Waals surface area contributed by atoms with Gasteiger partial charge in [0.25, 0.3) is 0 Å². The summed E-state index contributed by atoms with van der Waals surface area (Å²) < 4.78 is 0. The summed E-state index contributed by atoms with van der Waals surface area (Å²) in [6.45, 7) is 14.1. The van der Waals surface area contributed by atoms with Gasteiger partial charge in [0.15, 0.2) is 0 Å². The molecule has 4 heteroatoms. The van der Waals surface area contributed by atoms with Crippen LogP contribution in [0.2, 0.25) is 0 Å². The molecule has 1 aromatic carbocycles. The zero-order chi connectivity index (χ0) is 15.0. The summed E-state index contributed by atoms with van der Waals surface area (Å²) in [5, 5.41) is 2.86. The van der Waals surface area contributed by atoms with E-state index in [2.05, 4.69) is 75.3 Å². The average Bonchev–Trinajstić information content (AvgIpc) is 2.37. The third kappa shape index (κ3) is 4.94. The van der Waals surface area contributed by atoms with Crippen LogP contribution in [-0.2, 0) is 20.1 Å². The van der Waals surface area contributed by atoms with Gasteiger partial charge in [-0.2, -0.15) is 0 Å². The molecule has 1 aromatic heterocycles. The zero-order valence-corrected chi connectivity index (χ0v) is 17.8. The van der Waals surface area contributed by atoms with E-state index in [1.807, 2.05) is 12.3 Å². The van der Waals surface area contributed by atoms with Gasteiger partial charge in [-0.25, -0.2) is 0 Å². The molecular formula is C17H24IrNP2+. The van der Waals surface area contributed by atoms with Crippen LogP contribution in [0, 0.1) is 6.07 Å². The van der Waals surface area contributed by atoms with Gasteiger partial charge in [-0.15, -0.1) is 29.8 Å². The largest absolute Gasteiger partial charge is 0.304 e. The first-order valence-electron chi connectivity index (χ1n) is 6.80. The molecule has 1 nitrogen and oxygen atoms in total. The van der Waals surface area contributed by atoms with Crippen molar-refractivity contribution in [2.75, 3.05) is 40.0 Å². The fraction of sp³-hybridized carbons (Fsp3) is 0.353. The summed E-state index contributed by atoms with van der Waals surface area (Å²) in [7, 11) is -2.01. The molecule has 21 heavy (non-hydrogen) atoms. The molecule has 115 valence electrons. The Kier molecular flexibility index (Phi) is 6.28. The Morgan fingerprint density at radius 3 is 2.00 bits per heavy atom. The fourth-order valence-electron chi connectivity index (χ4n) is 2.00. The normalized spacial score (nSPS) is 11.9. The Labute approximate surface area is 144 Å². The van der Waals surface area contributed by atoms with E-state index in [1.165, 1.54) is 10.6 Å². The summed E-state index contributed by atoms with van der Waals surface area (Å²) in [4.78, 5) is 4.55. The minimum atomic E-state index is -1.01. The maximum Gasteiger partial charge on any atom is 0.0875 e. The van der Waals surface area contributed by atoms with Crippen LogP contribution in [0.5, 0.6) is 0 Å². The minimum absolute atomic E-state index is 0. The van der Waals surface area contributed by atoms with Crippen LogP contribution in [0.4, 0.5) is 0 Å². The Hall–Kier alpha value is -0.121. The van der Waals surface area contributed by atoms with E-state index in [0.29, 0.717) is 0 Å². The summed E-state index contributed by atoms with van der Waals surface area (Å²) in [6.07, 6.45) is 1.93. The Balaban J connectivity index is 0.00000220. The van der Waals surface area contributed by atoms with Crippen molar-refractivity contribution < 1.29 is 20.1 Å². The zero-order valence-electron chi connectivity index (χ0n) is 13.6. The van der Waals surface area contributed by atoms with Gasteiger partial charge >= 0.3 is 0 Å². The average molecular weight is 497 g/mol. The molecule has 0 saturated heterocycles. The summed E-state index contributed by atoms with van der Waals surface area (Å²) >= 11 is 0. The molecule has 0 aliphatic carbocycles. The van der Waals surface area contributed by atoms with E-state index >= 15 is 0 Å². The molecule has 0 spiro atoms. The summed E-state index contributed by atoms with van der Waals surface area (Å²) in [6, 6.07) is 14.2. The molecule has 1 radical (unpaired) electrons. The van der Waals surface area contributed by atoms with Gasteiger partial charge in [0, 0.05) is 46.1 Å². The molecule has 2 aromatic rings. The minimum Gasteiger partial charge on any atom is -0.304 e. The molecule has 0 fully saturated rings. The fourth-order valence-corrected chi connectivity index (χ4v) is 4.07. The van der Waals surface area contributed by atoms with Gasteiger partial charge in [0.05, 0.1) is 45.3 Å². The van der Waals surface area contributed by atoms with Gasteiger partial charge in [-0.3, -0.25) is 0 Å². The second-order valence-corrected chi connectivity index (χ2v) is 16.0. The van der Waals surface area contributed by atoms with Gasteiger partial charge < -0.3 is 4.98 Å². The van der Waals surface area contributed by atoms with E-state index in [4.69, 9.17) is 0 Å². The van der Waals surface area contributed by atoms with Crippen molar-refractivity contribution in [3.63, 3.8) is 0 Å². The van der Waals surface area contributed by atoms with E-state index in [0.717, 1.165) is 11.3 Å². The molecular weight excluding hydrogens is 472 g/mol. The number of hydrogen-bond acceptors (Lipinski definition) is 1. The van der Waals surface area contributed by atoms with Crippen LogP contribution in [0.3, 0.4) is 0 Å². The third-order valence-electron chi connectivity index (χ3n) is 3.35. The van der Waals surface area contributed by atoms with E-state index in [-0.39, 0.29) is 20.1 Å². The Bertz CT molecular complexity index is 557. The summed E-state index contributed by atoms with van der Waals surface area (Å²) in [5.41, 5.74) is 2.17. The number of rotatable bonds is 3. The van der Waals surface area contributed by atoms with E-state index in [1.54, 1.807) is 0 Å². The molecule has 0 unspecified atom stereocenters.